The molecule has 0 aromatic heterocycles. The third-order valence-electron chi connectivity index (χ3n) is 4.74. The number of alkyl halides is 1. The van der Waals surface area contributed by atoms with Crippen LogP contribution < -0.4 is 10.2 Å². The number of para-hydroxylation sites is 1. The summed E-state index contributed by atoms with van der Waals surface area (Å²) in [5, 5.41) is 2.06. The van der Waals surface area contributed by atoms with Gasteiger partial charge in [0, 0.05) is 0 Å². The molecule has 0 spiro atoms. The van der Waals surface area contributed by atoms with Crippen molar-refractivity contribution in [2.45, 2.75) is 52.4 Å². The lowest BCUT2D eigenvalue weighted by molar-refractivity contribution is -0.155. The summed E-state index contributed by atoms with van der Waals surface area (Å²) in [6, 6.07) is 16.1. The minimum Gasteiger partial charge on any atom is -0.467 e. The molecule has 0 fully saturated rings. The summed E-state index contributed by atoms with van der Waals surface area (Å²) in [4.78, 5) is 47.8. The van der Waals surface area contributed by atoms with Crippen LogP contribution in [-0.2, 0) is 41.6 Å². The largest absolute Gasteiger partial charge is 0.467 e. The SMILES string of the molecule is CCc1ccccc1N(CI)C(=O)OCc1ccccc1.COC(=O)C(NC(=O)OC(C)(C)C)C(=O)OC. The molecule has 0 heterocycles. The molecule has 2 aromatic rings. The molecule has 38 heavy (non-hydrogen) atoms. The van der Waals surface area contributed by atoms with E-state index in [1.54, 1.807) is 25.7 Å². The van der Waals surface area contributed by atoms with Gasteiger partial charge in [0.15, 0.2) is 0 Å². The normalized spacial score (nSPS) is 10.4. The van der Waals surface area contributed by atoms with Gasteiger partial charge in [-0.3, -0.25) is 10.2 Å². The first-order valence-corrected chi connectivity index (χ1v) is 13.3. The second-order valence-corrected chi connectivity index (χ2v) is 9.38. The fourth-order valence-corrected chi connectivity index (χ4v) is 3.60. The zero-order valence-electron chi connectivity index (χ0n) is 22.5. The summed E-state index contributed by atoms with van der Waals surface area (Å²) in [5.74, 6) is -1.86. The highest BCUT2D eigenvalue weighted by molar-refractivity contribution is 14.1. The quantitative estimate of drug-likeness (QED) is 0.107. The highest BCUT2D eigenvalue weighted by Gasteiger charge is 2.32. The molecule has 208 valence electrons. The molecule has 2 aromatic carbocycles. The fourth-order valence-electron chi connectivity index (χ4n) is 2.96. The summed E-state index contributed by atoms with van der Waals surface area (Å²) >= 11 is 2.18. The summed E-state index contributed by atoms with van der Waals surface area (Å²) < 4.78 is 19.6. The van der Waals surface area contributed by atoms with Gasteiger partial charge >= 0.3 is 24.1 Å². The Balaban J connectivity index is 0.000000391. The lowest BCUT2D eigenvalue weighted by Gasteiger charge is -2.22. The number of benzene rings is 2. The van der Waals surface area contributed by atoms with Gasteiger partial charge in [-0.05, 0) is 44.4 Å². The van der Waals surface area contributed by atoms with Gasteiger partial charge in [-0.15, -0.1) is 0 Å². The summed E-state index contributed by atoms with van der Waals surface area (Å²) in [6.07, 6.45) is -0.331. The lowest BCUT2D eigenvalue weighted by Crippen LogP contribution is -2.49. The molecule has 1 N–H and O–H groups in total. The van der Waals surface area contributed by atoms with E-state index in [1.807, 2.05) is 54.6 Å². The van der Waals surface area contributed by atoms with Crippen LogP contribution in [0.4, 0.5) is 15.3 Å². The summed E-state index contributed by atoms with van der Waals surface area (Å²) in [5.41, 5.74) is 2.32. The molecule has 2 rings (SSSR count). The molecule has 0 atom stereocenters. The van der Waals surface area contributed by atoms with E-state index in [0.29, 0.717) is 11.2 Å². The van der Waals surface area contributed by atoms with Crippen LogP contribution in [0, 0.1) is 0 Å². The predicted molar refractivity (Wildman–Crippen MR) is 151 cm³/mol. The molecular weight excluding hydrogens is 607 g/mol. The van der Waals surface area contributed by atoms with Crippen LogP contribution in [0.3, 0.4) is 0 Å². The fraction of sp³-hybridized carbons (Fsp3) is 0.407. The number of nitrogens with one attached hydrogen (secondary N) is 1. The number of hydrogen-bond donors (Lipinski definition) is 1. The molecular formula is C27H35IN2O8. The number of halogens is 1. The van der Waals surface area contributed by atoms with E-state index in [2.05, 4.69) is 44.3 Å². The number of nitrogens with zero attached hydrogens (tertiary/aromatic N) is 1. The van der Waals surface area contributed by atoms with Crippen molar-refractivity contribution in [3.05, 3.63) is 65.7 Å². The minimum absolute atomic E-state index is 0.293. The van der Waals surface area contributed by atoms with Crippen LogP contribution in [0.2, 0.25) is 0 Å². The number of anilines is 1. The maximum atomic E-state index is 12.3. The first-order valence-electron chi connectivity index (χ1n) is 11.7. The smallest absolute Gasteiger partial charge is 0.415 e. The van der Waals surface area contributed by atoms with Gasteiger partial charge in [0.2, 0.25) is 6.04 Å². The molecule has 0 aliphatic heterocycles. The van der Waals surface area contributed by atoms with Crippen molar-refractivity contribution in [2.24, 2.45) is 0 Å². The van der Waals surface area contributed by atoms with Gasteiger partial charge in [-0.25, -0.2) is 19.2 Å². The zero-order chi connectivity index (χ0) is 28.7. The van der Waals surface area contributed by atoms with Gasteiger partial charge in [-0.1, -0.05) is 78.0 Å². The van der Waals surface area contributed by atoms with Gasteiger partial charge in [0.05, 0.1) is 24.5 Å². The molecule has 0 radical (unpaired) electrons. The number of hydrogen-bond acceptors (Lipinski definition) is 8. The second-order valence-electron chi connectivity index (χ2n) is 8.70. The van der Waals surface area contributed by atoms with Gasteiger partial charge in [-0.2, -0.15) is 0 Å². The Labute approximate surface area is 237 Å². The first kappa shape index (κ1) is 32.7. The Morgan fingerprint density at radius 1 is 0.921 bits per heavy atom. The van der Waals surface area contributed by atoms with E-state index in [4.69, 9.17) is 9.47 Å². The molecule has 2 amide bonds. The predicted octanol–water partition coefficient (Wildman–Crippen LogP) is 5.01. The lowest BCUT2D eigenvalue weighted by atomic mass is 10.1. The van der Waals surface area contributed by atoms with Crippen LogP contribution >= 0.6 is 22.6 Å². The van der Waals surface area contributed by atoms with Gasteiger partial charge in [0.1, 0.15) is 12.2 Å². The maximum absolute atomic E-state index is 12.3. The number of carbonyl (C=O) groups is 4. The molecule has 0 saturated heterocycles. The van der Waals surface area contributed by atoms with E-state index < -0.39 is 29.7 Å². The number of amides is 2. The number of rotatable bonds is 8. The standard InChI is InChI=1S/C17H18INO2.C10H17NO6/c1-2-15-10-6-7-11-16(15)19(13-18)17(20)21-12-14-8-4-3-5-9-14;1-10(2,3)17-9(14)11-6(7(12)15-4)8(13)16-5/h3-11H,2,12-13H2,1H3;6H,1-5H3,(H,11,14). The van der Waals surface area contributed by atoms with E-state index in [0.717, 1.165) is 37.5 Å². The van der Waals surface area contributed by atoms with E-state index in [9.17, 15) is 19.2 Å². The number of carbonyl (C=O) groups excluding carboxylic acids is 4. The van der Waals surface area contributed by atoms with E-state index >= 15 is 0 Å². The zero-order valence-corrected chi connectivity index (χ0v) is 24.6. The highest BCUT2D eigenvalue weighted by Crippen LogP contribution is 2.23. The Bertz CT molecular complexity index is 1040. The van der Waals surface area contributed by atoms with Crippen molar-refractivity contribution in [3.63, 3.8) is 0 Å². The van der Waals surface area contributed by atoms with Crippen molar-refractivity contribution in [2.75, 3.05) is 23.7 Å². The van der Waals surface area contributed by atoms with Crippen molar-refractivity contribution < 1.29 is 38.1 Å². The van der Waals surface area contributed by atoms with Crippen LogP contribution in [0.1, 0.15) is 38.8 Å². The van der Waals surface area contributed by atoms with Gasteiger partial charge in [0.25, 0.3) is 0 Å². The minimum atomic E-state index is -1.53. The number of alkyl carbamates (subject to hydrolysis) is 1. The summed E-state index contributed by atoms with van der Waals surface area (Å²) in [7, 11) is 2.18. The number of ether oxygens (including phenoxy) is 4. The van der Waals surface area contributed by atoms with Crippen LogP contribution in [0.25, 0.3) is 0 Å². The third kappa shape index (κ3) is 11.4. The average molecular weight is 642 g/mol. The molecule has 0 aliphatic rings. The molecule has 0 aliphatic carbocycles. The monoisotopic (exact) mass is 642 g/mol. The maximum Gasteiger partial charge on any atom is 0.415 e. The van der Waals surface area contributed by atoms with E-state index in [1.165, 1.54) is 0 Å². The molecule has 0 bridgehead atoms. The Kier molecular flexibility index (Phi) is 14.2. The average Bonchev–Trinajstić information content (AvgIpc) is 2.90. The molecule has 0 saturated carbocycles. The Hall–Kier alpha value is -3.35. The molecule has 11 heteroatoms. The first-order chi connectivity index (χ1) is 18.0. The van der Waals surface area contributed by atoms with Crippen molar-refractivity contribution in [3.8, 4) is 0 Å². The topological polar surface area (TPSA) is 120 Å². The van der Waals surface area contributed by atoms with Crippen LogP contribution in [0.15, 0.2) is 54.6 Å². The molecule has 10 nitrogen and oxygen atoms in total. The summed E-state index contributed by atoms with van der Waals surface area (Å²) in [6.45, 7) is 7.33. The van der Waals surface area contributed by atoms with Crippen molar-refractivity contribution in [1.29, 1.82) is 0 Å². The number of aryl methyl sites for hydroxylation is 1. The number of methoxy groups -OCH3 is 2. The second kappa shape index (κ2) is 16.5. The van der Waals surface area contributed by atoms with Gasteiger partial charge < -0.3 is 18.9 Å². The molecule has 0 unspecified atom stereocenters. The number of esters is 2. The Morgan fingerprint density at radius 2 is 1.47 bits per heavy atom. The van der Waals surface area contributed by atoms with Crippen molar-refractivity contribution in [1.82, 2.24) is 5.32 Å². The highest BCUT2D eigenvalue weighted by atomic mass is 127. The third-order valence-corrected chi connectivity index (χ3v) is 5.43. The van der Waals surface area contributed by atoms with E-state index in [-0.39, 0.29) is 6.09 Å². The Morgan fingerprint density at radius 3 is 1.97 bits per heavy atom. The van der Waals surface area contributed by atoms with Crippen LogP contribution in [0.5, 0.6) is 0 Å². The van der Waals surface area contributed by atoms with Crippen molar-refractivity contribution >= 4 is 52.4 Å². The van der Waals surface area contributed by atoms with Crippen LogP contribution in [-0.4, -0.2) is 54.5 Å².